The van der Waals surface area contributed by atoms with Crippen LogP contribution in [0.4, 0.5) is 0 Å². The van der Waals surface area contributed by atoms with Crippen LogP contribution < -0.4 is 5.32 Å². The maximum Gasteiger partial charge on any atom is 0.0638 e. The van der Waals surface area contributed by atoms with Crippen molar-refractivity contribution in [2.75, 3.05) is 19.6 Å². The van der Waals surface area contributed by atoms with Gasteiger partial charge in [0.25, 0.3) is 0 Å². The molecule has 0 radical (unpaired) electrons. The number of nitrogens with one attached hydrogen (secondary N) is 1. The first kappa shape index (κ1) is 12.5. The highest BCUT2D eigenvalue weighted by molar-refractivity contribution is 4.84. The molecule has 1 rings (SSSR count). The van der Waals surface area contributed by atoms with Crippen LogP contribution in [-0.4, -0.2) is 36.6 Å². The number of nitriles is 1. The zero-order valence-corrected chi connectivity index (χ0v) is 10.00. The monoisotopic (exact) mass is 209 g/mol. The highest BCUT2D eigenvalue weighted by Crippen LogP contribution is 2.15. The average molecular weight is 209 g/mol. The highest BCUT2D eigenvalue weighted by atomic mass is 15.2. The SMILES string of the molecule is CCC(CC#N)NCC1CCCN1CC. The molecule has 3 nitrogen and oxygen atoms in total. The molecule has 1 N–H and O–H groups in total. The summed E-state index contributed by atoms with van der Waals surface area (Å²) in [5.74, 6) is 0. The molecule has 1 saturated heterocycles. The summed E-state index contributed by atoms with van der Waals surface area (Å²) in [6.45, 7) is 7.82. The topological polar surface area (TPSA) is 39.1 Å². The number of hydrogen-bond donors (Lipinski definition) is 1. The van der Waals surface area contributed by atoms with Gasteiger partial charge in [-0.25, -0.2) is 0 Å². The van der Waals surface area contributed by atoms with E-state index in [4.69, 9.17) is 5.26 Å². The minimum Gasteiger partial charge on any atom is -0.311 e. The van der Waals surface area contributed by atoms with Crippen molar-refractivity contribution in [3.63, 3.8) is 0 Å². The second kappa shape index (κ2) is 6.81. The predicted octanol–water partition coefficient (Wildman–Crippen LogP) is 1.75. The van der Waals surface area contributed by atoms with Crippen molar-refractivity contribution in [1.82, 2.24) is 10.2 Å². The maximum atomic E-state index is 8.66. The molecule has 0 bridgehead atoms. The molecule has 0 aromatic rings. The van der Waals surface area contributed by atoms with Crippen LogP contribution in [0.1, 0.15) is 39.5 Å². The van der Waals surface area contributed by atoms with Crippen molar-refractivity contribution >= 4 is 0 Å². The number of likely N-dealkylation sites (N-methyl/N-ethyl adjacent to an activating group) is 1. The third kappa shape index (κ3) is 3.81. The lowest BCUT2D eigenvalue weighted by molar-refractivity contribution is 0.253. The molecule has 0 spiro atoms. The van der Waals surface area contributed by atoms with Crippen LogP contribution in [0.25, 0.3) is 0 Å². The van der Waals surface area contributed by atoms with Crippen molar-refractivity contribution in [3.8, 4) is 6.07 Å². The second-order valence-corrected chi connectivity index (χ2v) is 4.30. The Labute approximate surface area is 93.5 Å². The van der Waals surface area contributed by atoms with Gasteiger partial charge in [0, 0.05) is 18.6 Å². The minimum atomic E-state index is 0.384. The Bertz CT molecular complexity index is 209. The zero-order valence-electron chi connectivity index (χ0n) is 10.00. The fraction of sp³-hybridized carbons (Fsp3) is 0.917. The first-order valence-electron chi connectivity index (χ1n) is 6.16. The third-order valence-electron chi connectivity index (χ3n) is 3.38. The van der Waals surface area contributed by atoms with Crippen molar-refractivity contribution in [3.05, 3.63) is 0 Å². The summed E-state index contributed by atoms with van der Waals surface area (Å²) in [7, 11) is 0. The summed E-state index contributed by atoms with van der Waals surface area (Å²) in [5.41, 5.74) is 0. The Kier molecular flexibility index (Phi) is 5.67. The fourth-order valence-corrected chi connectivity index (χ4v) is 2.32. The van der Waals surface area contributed by atoms with Gasteiger partial charge in [0.2, 0.25) is 0 Å². The molecule has 0 amide bonds. The lowest BCUT2D eigenvalue weighted by Crippen LogP contribution is -2.41. The van der Waals surface area contributed by atoms with Gasteiger partial charge < -0.3 is 5.32 Å². The minimum absolute atomic E-state index is 0.384. The predicted molar refractivity (Wildman–Crippen MR) is 62.6 cm³/mol. The molecule has 0 saturated carbocycles. The number of nitrogens with zero attached hydrogens (tertiary/aromatic N) is 2. The van der Waals surface area contributed by atoms with Crippen molar-refractivity contribution in [2.24, 2.45) is 0 Å². The molecule has 2 atom stereocenters. The van der Waals surface area contributed by atoms with Gasteiger partial charge in [0.15, 0.2) is 0 Å². The van der Waals surface area contributed by atoms with Gasteiger partial charge in [-0.3, -0.25) is 4.90 Å². The molecule has 15 heavy (non-hydrogen) atoms. The van der Waals surface area contributed by atoms with Crippen LogP contribution in [0.15, 0.2) is 0 Å². The molecule has 1 heterocycles. The summed E-state index contributed by atoms with van der Waals surface area (Å²) < 4.78 is 0. The van der Waals surface area contributed by atoms with Gasteiger partial charge in [-0.2, -0.15) is 5.26 Å². The number of rotatable bonds is 6. The molecule has 0 aromatic heterocycles. The van der Waals surface area contributed by atoms with E-state index in [9.17, 15) is 0 Å². The molecular formula is C12H23N3. The number of likely N-dealkylation sites (tertiary alicyclic amines) is 1. The summed E-state index contributed by atoms with van der Waals surface area (Å²) in [6, 6.07) is 3.32. The van der Waals surface area contributed by atoms with Crippen LogP contribution in [0.2, 0.25) is 0 Å². The summed E-state index contributed by atoms with van der Waals surface area (Å²) in [4.78, 5) is 2.53. The highest BCUT2D eigenvalue weighted by Gasteiger charge is 2.22. The molecule has 1 aliphatic rings. The van der Waals surface area contributed by atoms with E-state index >= 15 is 0 Å². The standard InChI is InChI=1S/C12H23N3/c1-3-11(7-8-13)14-10-12-6-5-9-15(12)4-2/h11-12,14H,3-7,9-10H2,1-2H3. The molecule has 1 aliphatic heterocycles. The largest absolute Gasteiger partial charge is 0.311 e. The molecule has 0 aliphatic carbocycles. The van der Waals surface area contributed by atoms with Gasteiger partial charge in [-0.15, -0.1) is 0 Å². The fourth-order valence-electron chi connectivity index (χ4n) is 2.32. The van der Waals surface area contributed by atoms with Gasteiger partial charge in [-0.05, 0) is 32.4 Å². The van der Waals surface area contributed by atoms with E-state index in [0.717, 1.165) is 19.5 Å². The summed E-state index contributed by atoms with van der Waals surface area (Å²) in [6.07, 6.45) is 4.32. The van der Waals surface area contributed by atoms with E-state index in [0.29, 0.717) is 18.5 Å². The van der Waals surface area contributed by atoms with Crippen molar-refractivity contribution in [1.29, 1.82) is 5.26 Å². The van der Waals surface area contributed by atoms with Crippen LogP contribution >= 0.6 is 0 Å². The Balaban J connectivity index is 2.26. The molecular weight excluding hydrogens is 186 g/mol. The van der Waals surface area contributed by atoms with Gasteiger partial charge in [0.1, 0.15) is 0 Å². The molecule has 1 fully saturated rings. The lowest BCUT2D eigenvalue weighted by atomic mass is 10.1. The smallest absolute Gasteiger partial charge is 0.0638 e. The Morgan fingerprint density at radius 2 is 2.33 bits per heavy atom. The third-order valence-corrected chi connectivity index (χ3v) is 3.38. The van der Waals surface area contributed by atoms with Crippen molar-refractivity contribution in [2.45, 2.75) is 51.6 Å². The van der Waals surface area contributed by atoms with Gasteiger partial charge >= 0.3 is 0 Å². The van der Waals surface area contributed by atoms with E-state index in [1.807, 2.05) is 0 Å². The quantitative estimate of drug-likeness (QED) is 0.724. The first-order chi connectivity index (χ1) is 7.31. The van der Waals surface area contributed by atoms with Crippen LogP contribution in [0.3, 0.4) is 0 Å². The first-order valence-corrected chi connectivity index (χ1v) is 6.16. The van der Waals surface area contributed by atoms with Crippen LogP contribution in [0, 0.1) is 11.3 Å². The van der Waals surface area contributed by atoms with E-state index in [-0.39, 0.29) is 0 Å². The van der Waals surface area contributed by atoms with Crippen molar-refractivity contribution < 1.29 is 0 Å². The number of hydrogen-bond acceptors (Lipinski definition) is 3. The van der Waals surface area contributed by atoms with E-state index in [2.05, 4.69) is 30.1 Å². The maximum absolute atomic E-state index is 8.66. The molecule has 3 heteroatoms. The zero-order chi connectivity index (χ0) is 11.1. The van der Waals surface area contributed by atoms with E-state index < -0.39 is 0 Å². The van der Waals surface area contributed by atoms with E-state index in [1.165, 1.54) is 19.4 Å². The average Bonchev–Trinajstić information content (AvgIpc) is 2.71. The van der Waals surface area contributed by atoms with Gasteiger partial charge in [-0.1, -0.05) is 13.8 Å². The molecule has 0 aromatic carbocycles. The van der Waals surface area contributed by atoms with E-state index in [1.54, 1.807) is 0 Å². The van der Waals surface area contributed by atoms with Crippen LogP contribution in [0.5, 0.6) is 0 Å². The Morgan fingerprint density at radius 1 is 1.53 bits per heavy atom. The normalized spacial score (nSPS) is 23.9. The Hall–Kier alpha value is -0.590. The summed E-state index contributed by atoms with van der Waals surface area (Å²) >= 11 is 0. The van der Waals surface area contributed by atoms with Gasteiger partial charge in [0.05, 0.1) is 12.5 Å². The second-order valence-electron chi connectivity index (χ2n) is 4.30. The molecule has 2 unspecified atom stereocenters. The summed E-state index contributed by atoms with van der Waals surface area (Å²) in [5, 5.41) is 12.2. The Morgan fingerprint density at radius 3 is 2.93 bits per heavy atom. The lowest BCUT2D eigenvalue weighted by Gasteiger charge is -2.25. The van der Waals surface area contributed by atoms with Crippen LogP contribution in [-0.2, 0) is 0 Å². The molecule has 86 valence electrons.